The van der Waals surface area contributed by atoms with E-state index < -0.39 is 29.5 Å². The normalized spacial score (nSPS) is 13.7. The Hall–Kier alpha value is -3.35. The Morgan fingerprint density at radius 3 is 2.03 bits per heavy atom. The summed E-state index contributed by atoms with van der Waals surface area (Å²) in [6, 6.07) is 17.6. The SMILES string of the molecule is CC(C)COC(=O)N[C@@H](Cc1ccccc1)C(=O)NC(C)(Cc1ccccc1)C(N)=O. The van der Waals surface area contributed by atoms with Crippen molar-refractivity contribution in [2.45, 2.75) is 45.2 Å². The highest BCUT2D eigenvalue weighted by molar-refractivity contribution is 5.93. The molecule has 0 heterocycles. The molecular formula is C24H31N3O4. The standard InChI is InChI=1S/C24H31N3O4/c1-17(2)16-31-23(30)26-20(14-18-10-6-4-7-11-18)21(28)27-24(3,22(25)29)15-19-12-8-5-9-13-19/h4-13,17,20H,14-16H2,1-3H3,(H2,25,29)(H,26,30)(H,27,28)/t20-,24?/m0/s1. The molecule has 2 aromatic rings. The number of alkyl carbamates (subject to hydrolysis) is 1. The summed E-state index contributed by atoms with van der Waals surface area (Å²) in [4.78, 5) is 37.6. The molecule has 0 aliphatic rings. The van der Waals surface area contributed by atoms with E-state index in [2.05, 4.69) is 10.6 Å². The number of nitrogens with one attached hydrogen (secondary N) is 2. The van der Waals surface area contributed by atoms with Gasteiger partial charge in [0.25, 0.3) is 0 Å². The number of hydrogen-bond donors (Lipinski definition) is 3. The minimum atomic E-state index is -1.32. The Labute approximate surface area is 183 Å². The highest BCUT2D eigenvalue weighted by atomic mass is 16.5. The van der Waals surface area contributed by atoms with Crippen molar-refractivity contribution in [2.75, 3.05) is 6.61 Å². The van der Waals surface area contributed by atoms with Gasteiger partial charge in [-0.05, 0) is 24.0 Å². The second-order valence-corrected chi connectivity index (χ2v) is 8.23. The van der Waals surface area contributed by atoms with Gasteiger partial charge in [0.15, 0.2) is 0 Å². The molecule has 7 nitrogen and oxygen atoms in total. The zero-order valence-electron chi connectivity index (χ0n) is 18.3. The lowest BCUT2D eigenvalue weighted by Crippen LogP contribution is -2.61. The number of rotatable bonds is 10. The van der Waals surface area contributed by atoms with Crippen molar-refractivity contribution >= 4 is 17.9 Å². The Morgan fingerprint density at radius 1 is 0.968 bits per heavy atom. The Morgan fingerprint density at radius 2 is 1.52 bits per heavy atom. The minimum absolute atomic E-state index is 0.163. The van der Waals surface area contributed by atoms with Crippen LogP contribution in [-0.2, 0) is 27.2 Å². The molecule has 31 heavy (non-hydrogen) atoms. The van der Waals surface area contributed by atoms with Crippen molar-refractivity contribution in [3.05, 3.63) is 71.8 Å². The van der Waals surface area contributed by atoms with Crippen molar-refractivity contribution in [2.24, 2.45) is 11.7 Å². The number of primary amides is 1. The van der Waals surface area contributed by atoms with Gasteiger partial charge in [-0.1, -0.05) is 74.5 Å². The van der Waals surface area contributed by atoms with E-state index in [1.54, 1.807) is 6.92 Å². The van der Waals surface area contributed by atoms with Gasteiger partial charge in [0.05, 0.1) is 6.61 Å². The number of amides is 3. The average Bonchev–Trinajstić information content (AvgIpc) is 2.73. The lowest BCUT2D eigenvalue weighted by molar-refractivity contribution is -0.132. The quantitative estimate of drug-likeness (QED) is 0.543. The van der Waals surface area contributed by atoms with Gasteiger partial charge < -0.3 is 21.1 Å². The summed E-state index contributed by atoms with van der Waals surface area (Å²) >= 11 is 0. The average molecular weight is 426 g/mol. The molecule has 0 aliphatic carbocycles. The molecule has 2 aromatic carbocycles. The summed E-state index contributed by atoms with van der Waals surface area (Å²) in [5.41, 5.74) is 6.03. The summed E-state index contributed by atoms with van der Waals surface area (Å²) in [6.07, 6.45) is -0.220. The second-order valence-electron chi connectivity index (χ2n) is 8.23. The van der Waals surface area contributed by atoms with Gasteiger partial charge in [-0.2, -0.15) is 0 Å². The molecule has 4 N–H and O–H groups in total. The number of benzene rings is 2. The molecule has 0 saturated heterocycles. The summed E-state index contributed by atoms with van der Waals surface area (Å²) in [7, 11) is 0. The van der Waals surface area contributed by atoms with E-state index in [0.29, 0.717) is 0 Å². The molecule has 1 unspecified atom stereocenters. The summed E-state index contributed by atoms with van der Waals surface area (Å²) in [5, 5.41) is 5.37. The van der Waals surface area contributed by atoms with Gasteiger partial charge in [-0.3, -0.25) is 9.59 Å². The Kier molecular flexibility index (Phi) is 8.61. The van der Waals surface area contributed by atoms with E-state index in [4.69, 9.17) is 10.5 Å². The first-order valence-electron chi connectivity index (χ1n) is 10.3. The van der Waals surface area contributed by atoms with Crippen LogP contribution in [0.5, 0.6) is 0 Å². The fourth-order valence-electron chi connectivity index (χ4n) is 3.04. The van der Waals surface area contributed by atoms with Crippen molar-refractivity contribution in [1.29, 1.82) is 0 Å². The third-order valence-corrected chi connectivity index (χ3v) is 4.78. The summed E-state index contributed by atoms with van der Waals surface area (Å²) in [6.45, 7) is 5.65. The van der Waals surface area contributed by atoms with E-state index in [1.165, 1.54) is 0 Å². The van der Waals surface area contributed by atoms with Crippen LogP contribution in [-0.4, -0.2) is 36.1 Å². The predicted molar refractivity (Wildman–Crippen MR) is 119 cm³/mol. The topological polar surface area (TPSA) is 111 Å². The molecule has 0 bridgehead atoms. The van der Waals surface area contributed by atoms with E-state index in [0.717, 1.165) is 11.1 Å². The van der Waals surface area contributed by atoms with Crippen LogP contribution in [0.25, 0.3) is 0 Å². The molecule has 0 radical (unpaired) electrons. The van der Waals surface area contributed by atoms with E-state index in [-0.39, 0.29) is 25.4 Å². The molecule has 0 spiro atoms. The minimum Gasteiger partial charge on any atom is -0.449 e. The molecule has 3 amide bonds. The lowest BCUT2D eigenvalue weighted by Gasteiger charge is -2.30. The fraction of sp³-hybridized carbons (Fsp3) is 0.375. The van der Waals surface area contributed by atoms with Crippen molar-refractivity contribution < 1.29 is 19.1 Å². The van der Waals surface area contributed by atoms with Crippen LogP contribution in [0.15, 0.2) is 60.7 Å². The van der Waals surface area contributed by atoms with E-state index >= 15 is 0 Å². The van der Waals surface area contributed by atoms with Crippen LogP contribution < -0.4 is 16.4 Å². The number of ether oxygens (including phenoxy) is 1. The van der Waals surface area contributed by atoms with Crippen molar-refractivity contribution in [1.82, 2.24) is 10.6 Å². The Bertz CT molecular complexity index is 871. The molecule has 2 atom stereocenters. The predicted octanol–water partition coefficient (Wildman–Crippen LogP) is 2.58. The highest BCUT2D eigenvalue weighted by Gasteiger charge is 2.36. The maximum Gasteiger partial charge on any atom is 0.407 e. The van der Waals surface area contributed by atoms with Crippen LogP contribution in [0, 0.1) is 5.92 Å². The summed E-state index contributed by atoms with van der Waals surface area (Å²) in [5.74, 6) is -1.01. The smallest absolute Gasteiger partial charge is 0.407 e. The first kappa shape index (κ1) is 23.9. The molecule has 2 rings (SSSR count). The van der Waals surface area contributed by atoms with Crippen LogP contribution in [0.1, 0.15) is 31.9 Å². The molecule has 0 aliphatic heterocycles. The fourth-order valence-corrected chi connectivity index (χ4v) is 3.04. The van der Waals surface area contributed by atoms with Crippen molar-refractivity contribution in [3.8, 4) is 0 Å². The van der Waals surface area contributed by atoms with Crippen molar-refractivity contribution in [3.63, 3.8) is 0 Å². The van der Waals surface area contributed by atoms with Gasteiger partial charge in [0, 0.05) is 12.8 Å². The maximum atomic E-state index is 13.1. The zero-order chi connectivity index (χ0) is 22.9. The maximum absolute atomic E-state index is 13.1. The molecule has 0 fully saturated rings. The highest BCUT2D eigenvalue weighted by Crippen LogP contribution is 2.14. The van der Waals surface area contributed by atoms with E-state index in [1.807, 2.05) is 74.5 Å². The molecule has 166 valence electrons. The van der Waals surface area contributed by atoms with Crippen LogP contribution in [0.3, 0.4) is 0 Å². The number of nitrogens with two attached hydrogens (primary N) is 1. The molecule has 0 saturated carbocycles. The van der Waals surface area contributed by atoms with Crippen LogP contribution in [0.2, 0.25) is 0 Å². The number of carbonyl (C=O) groups is 3. The van der Waals surface area contributed by atoms with E-state index in [9.17, 15) is 14.4 Å². The zero-order valence-corrected chi connectivity index (χ0v) is 18.3. The first-order valence-corrected chi connectivity index (χ1v) is 10.3. The van der Waals surface area contributed by atoms with Gasteiger partial charge >= 0.3 is 6.09 Å². The van der Waals surface area contributed by atoms with Gasteiger partial charge in [0.1, 0.15) is 11.6 Å². The van der Waals surface area contributed by atoms with Crippen LogP contribution >= 0.6 is 0 Å². The van der Waals surface area contributed by atoms with Gasteiger partial charge in [-0.15, -0.1) is 0 Å². The molecule has 0 aromatic heterocycles. The number of carbonyl (C=O) groups excluding carboxylic acids is 3. The second kappa shape index (κ2) is 11.2. The number of hydrogen-bond acceptors (Lipinski definition) is 4. The van der Waals surface area contributed by atoms with Crippen LogP contribution in [0.4, 0.5) is 4.79 Å². The lowest BCUT2D eigenvalue weighted by atomic mass is 9.91. The largest absolute Gasteiger partial charge is 0.449 e. The Balaban J connectivity index is 2.18. The monoisotopic (exact) mass is 425 g/mol. The van der Waals surface area contributed by atoms with Gasteiger partial charge in [0.2, 0.25) is 11.8 Å². The molecular weight excluding hydrogens is 394 g/mol. The van der Waals surface area contributed by atoms with Gasteiger partial charge in [-0.25, -0.2) is 4.79 Å². The summed E-state index contributed by atoms with van der Waals surface area (Å²) < 4.78 is 5.17. The third-order valence-electron chi connectivity index (χ3n) is 4.78. The first-order chi connectivity index (χ1) is 14.7. The molecule has 7 heteroatoms. The third kappa shape index (κ3) is 7.77.